The fraction of sp³-hybridized carbons (Fsp3) is 0.846. The van der Waals surface area contributed by atoms with Gasteiger partial charge in [-0.3, -0.25) is 9.59 Å². The SMILES string of the molecule is CC(C)N(CCCC(=O)O)C(=O)CC1CCCO1. The monoisotopic (exact) mass is 257 g/mol. The number of amides is 1. The Morgan fingerprint density at radius 3 is 2.67 bits per heavy atom. The normalized spacial score (nSPS) is 19.2. The summed E-state index contributed by atoms with van der Waals surface area (Å²) in [6.07, 6.45) is 3.07. The van der Waals surface area contributed by atoms with Gasteiger partial charge in [0, 0.05) is 25.6 Å². The average Bonchev–Trinajstić information content (AvgIpc) is 2.75. The fourth-order valence-electron chi connectivity index (χ4n) is 2.19. The third-order valence-corrected chi connectivity index (χ3v) is 3.16. The number of carbonyl (C=O) groups is 2. The minimum atomic E-state index is -0.815. The van der Waals surface area contributed by atoms with Gasteiger partial charge in [0.2, 0.25) is 5.91 Å². The standard InChI is InChI=1S/C13H23NO4/c1-10(2)14(7-3-6-13(16)17)12(15)9-11-5-4-8-18-11/h10-11H,3-9H2,1-2H3,(H,16,17). The number of carbonyl (C=O) groups excluding carboxylic acids is 1. The molecule has 0 radical (unpaired) electrons. The number of hydrogen-bond acceptors (Lipinski definition) is 3. The van der Waals surface area contributed by atoms with Crippen LogP contribution in [-0.2, 0) is 14.3 Å². The first kappa shape index (κ1) is 15.0. The summed E-state index contributed by atoms with van der Waals surface area (Å²) in [4.78, 5) is 24.3. The zero-order valence-electron chi connectivity index (χ0n) is 11.2. The number of nitrogens with zero attached hydrogens (tertiary/aromatic N) is 1. The summed E-state index contributed by atoms with van der Waals surface area (Å²) in [5.41, 5.74) is 0. The minimum absolute atomic E-state index is 0.0539. The van der Waals surface area contributed by atoms with E-state index in [0.717, 1.165) is 19.4 Å². The fourth-order valence-corrected chi connectivity index (χ4v) is 2.19. The highest BCUT2D eigenvalue weighted by Gasteiger charge is 2.24. The Balaban J connectivity index is 2.39. The summed E-state index contributed by atoms with van der Waals surface area (Å²) in [6, 6.07) is 0.104. The number of rotatable bonds is 7. The van der Waals surface area contributed by atoms with Gasteiger partial charge in [-0.1, -0.05) is 0 Å². The molecule has 1 heterocycles. The molecule has 0 spiro atoms. The maximum Gasteiger partial charge on any atom is 0.303 e. The van der Waals surface area contributed by atoms with Gasteiger partial charge in [-0.25, -0.2) is 0 Å². The highest BCUT2D eigenvalue weighted by atomic mass is 16.5. The number of ether oxygens (including phenoxy) is 1. The van der Waals surface area contributed by atoms with E-state index < -0.39 is 5.97 Å². The summed E-state index contributed by atoms with van der Waals surface area (Å²) in [5, 5.41) is 8.61. The molecule has 104 valence electrons. The van der Waals surface area contributed by atoms with Gasteiger partial charge in [0.15, 0.2) is 0 Å². The molecule has 1 N–H and O–H groups in total. The number of carboxylic acid groups (broad SMARTS) is 1. The minimum Gasteiger partial charge on any atom is -0.481 e. The smallest absolute Gasteiger partial charge is 0.303 e. The van der Waals surface area contributed by atoms with E-state index in [4.69, 9.17) is 9.84 Å². The predicted molar refractivity (Wildman–Crippen MR) is 67.3 cm³/mol. The molecular formula is C13H23NO4. The molecule has 0 aliphatic carbocycles. The van der Waals surface area contributed by atoms with Crippen molar-refractivity contribution in [1.29, 1.82) is 0 Å². The molecule has 0 aromatic heterocycles. The maximum atomic E-state index is 12.1. The predicted octanol–water partition coefficient (Wildman–Crippen LogP) is 1.66. The number of aliphatic carboxylic acids is 1. The van der Waals surface area contributed by atoms with Crippen molar-refractivity contribution >= 4 is 11.9 Å². The lowest BCUT2D eigenvalue weighted by Gasteiger charge is -2.27. The van der Waals surface area contributed by atoms with Gasteiger partial charge in [0.25, 0.3) is 0 Å². The summed E-state index contributed by atoms with van der Waals surface area (Å²) in [7, 11) is 0. The van der Waals surface area contributed by atoms with Crippen molar-refractivity contribution < 1.29 is 19.4 Å². The van der Waals surface area contributed by atoms with Crippen LogP contribution >= 0.6 is 0 Å². The highest BCUT2D eigenvalue weighted by Crippen LogP contribution is 2.17. The summed E-state index contributed by atoms with van der Waals surface area (Å²) >= 11 is 0. The molecule has 0 aromatic carbocycles. The van der Waals surface area contributed by atoms with Crippen LogP contribution in [0.1, 0.15) is 46.0 Å². The molecule has 0 aromatic rings. The quantitative estimate of drug-likeness (QED) is 0.753. The van der Waals surface area contributed by atoms with Crippen LogP contribution in [-0.4, -0.2) is 47.2 Å². The van der Waals surface area contributed by atoms with Crippen molar-refractivity contribution in [2.45, 2.75) is 58.1 Å². The van der Waals surface area contributed by atoms with Crippen molar-refractivity contribution in [2.24, 2.45) is 0 Å². The van der Waals surface area contributed by atoms with Crippen LogP contribution < -0.4 is 0 Å². The van der Waals surface area contributed by atoms with Crippen molar-refractivity contribution in [3.63, 3.8) is 0 Å². The lowest BCUT2D eigenvalue weighted by Crippen LogP contribution is -2.39. The number of carboxylic acids is 1. The van der Waals surface area contributed by atoms with Crippen LogP contribution in [0.5, 0.6) is 0 Å². The number of hydrogen-bond donors (Lipinski definition) is 1. The molecule has 1 atom stereocenters. The van der Waals surface area contributed by atoms with E-state index in [2.05, 4.69) is 0 Å². The Morgan fingerprint density at radius 2 is 2.17 bits per heavy atom. The molecule has 1 saturated heterocycles. The first-order chi connectivity index (χ1) is 8.50. The maximum absolute atomic E-state index is 12.1. The Kier molecular flexibility index (Phi) is 6.12. The molecule has 18 heavy (non-hydrogen) atoms. The Bertz CT molecular complexity index is 285. The van der Waals surface area contributed by atoms with Crippen LogP contribution in [0.3, 0.4) is 0 Å². The van der Waals surface area contributed by atoms with Crippen LogP contribution in [0.2, 0.25) is 0 Å². The first-order valence-corrected chi connectivity index (χ1v) is 6.63. The molecule has 1 rings (SSSR count). The van der Waals surface area contributed by atoms with E-state index in [1.54, 1.807) is 4.90 Å². The van der Waals surface area contributed by atoms with Crippen LogP contribution in [0, 0.1) is 0 Å². The summed E-state index contributed by atoms with van der Waals surface area (Å²) in [6.45, 7) is 5.16. The molecule has 5 heteroatoms. The Morgan fingerprint density at radius 1 is 1.44 bits per heavy atom. The van der Waals surface area contributed by atoms with E-state index >= 15 is 0 Å². The topological polar surface area (TPSA) is 66.8 Å². The van der Waals surface area contributed by atoms with Gasteiger partial charge in [-0.05, 0) is 33.1 Å². The van der Waals surface area contributed by atoms with Crippen LogP contribution in [0.15, 0.2) is 0 Å². The zero-order chi connectivity index (χ0) is 13.5. The molecule has 1 aliphatic rings. The van der Waals surface area contributed by atoms with Crippen LogP contribution in [0.4, 0.5) is 0 Å². The largest absolute Gasteiger partial charge is 0.481 e. The van der Waals surface area contributed by atoms with Crippen molar-refractivity contribution in [3.05, 3.63) is 0 Å². The highest BCUT2D eigenvalue weighted by molar-refractivity contribution is 5.77. The average molecular weight is 257 g/mol. The Labute approximate surface area is 108 Å². The lowest BCUT2D eigenvalue weighted by atomic mass is 10.1. The molecule has 1 amide bonds. The summed E-state index contributed by atoms with van der Waals surface area (Å²) < 4.78 is 5.45. The van der Waals surface area contributed by atoms with E-state index in [1.807, 2.05) is 13.8 Å². The van der Waals surface area contributed by atoms with Crippen molar-refractivity contribution in [1.82, 2.24) is 4.90 Å². The second kappa shape index (κ2) is 7.36. The van der Waals surface area contributed by atoms with Gasteiger partial charge in [0.1, 0.15) is 0 Å². The second-order valence-corrected chi connectivity index (χ2v) is 5.02. The van der Waals surface area contributed by atoms with E-state index in [9.17, 15) is 9.59 Å². The van der Waals surface area contributed by atoms with E-state index in [1.165, 1.54) is 0 Å². The van der Waals surface area contributed by atoms with Gasteiger partial charge >= 0.3 is 5.97 Å². The third-order valence-electron chi connectivity index (χ3n) is 3.16. The van der Waals surface area contributed by atoms with E-state index in [0.29, 0.717) is 19.4 Å². The summed E-state index contributed by atoms with van der Waals surface area (Å²) in [5.74, 6) is -0.743. The van der Waals surface area contributed by atoms with Gasteiger partial charge in [-0.15, -0.1) is 0 Å². The third kappa shape index (κ3) is 5.04. The molecule has 5 nitrogen and oxygen atoms in total. The van der Waals surface area contributed by atoms with Crippen LogP contribution in [0.25, 0.3) is 0 Å². The lowest BCUT2D eigenvalue weighted by molar-refractivity contribution is -0.139. The molecule has 0 bridgehead atoms. The first-order valence-electron chi connectivity index (χ1n) is 6.63. The van der Waals surface area contributed by atoms with Gasteiger partial charge in [-0.2, -0.15) is 0 Å². The Hall–Kier alpha value is -1.10. The zero-order valence-corrected chi connectivity index (χ0v) is 11.2. The molecular weight excluding hydrogens is 234 g/mol. The second-order valence-electron chi connectivity index (χ2n) is 5.02. The van der Waals surface area contributed by atoms with Crippen molar-refractivity contribution in [2.75, 3.05) is 13.2 Å². The van der Waals surface area contributed by atoms with Gasteiger partial charge in [0.05, 0.1) is 12.5 Å². The molecule has 1 aliphatic heterocycles. The van der Waals surface area contributed by atoms with Gasteiger partial charge < -0.3 is 14.7 Å². The van der Waals surface area contributed by atoms with E-state index in [-0.39, 0.29) is 24.5 Å². The molecule has 1 fully saturated rings. The van der Waals surface area contributed by atoms with Crippen molar-refractivity contribution in [3.8, 4) is 0 Å². The molecule has 1 unspecified atom stereocenters. The molecule has 0 saturated carbocycles.